The fourth-order valence-electron chi connectivity index (χ4n) is 2.14. The van der Waals surface area contributed by atoms with Crippen molar-refractivity contribution in [1.82, 2.24) is 10.6 Å². The highest BCUT2D eigenvalue weighted by Crippen LogP contribution is 2.24. The van der Waals surface area contributed by atoms with Gasteiger partial charge in [0.15, 0.2) is 0 Å². The van der Waals surface area contributed by atoms with Crippen LogP contribution in [-0.2, 0) is 0 Å². The Morgan fingerprint density at radius 2 is 2.11 bits per heavy atom. The SMILES string of the molecule is O=C(NCC1CCCNC1)c1c(Cl)cccc1Cl. The minimum absolute atomic E-state index is 0.198. The molecule has 2 N–H and O–H groups in total. The molecule has 1 amide bonds. The fourth-order valence-corrected chi connectivity index (χ4v) is 2.71. The molecule has 1 unspecified atom stereocenters. The summed E-state index contributed by atoms with van der Waals surface area (Å²) in [6.45, 7) is 2.69. The van der Waals surface area contributed by atoms with Crippen LogP contribution in [0.2, 0.25) is 10.0 Å². The molecule has 0 radical (unpaired) electrons. The molecule has 1 heterocycles. The Hall–Kier alpha value is -0.770. The summed E-state index contributed by atoms with van der Waals surface area (Å²) in [5, 5.41) is 7.00. The number of rotatable bonds is 3. The van der Waals surface area contributed by atoms with E-state index < -0.39 is 0 Å². The van der Waals surface area contributed by atoms with E-state index in [0.717, 1.165) is 25.9 Å². The molecular weight excluding hydrogens is 271 g/mol. The largest absolute Gasteiger partial charge is 0.352 e. The molecule has 1 aromatic rings. The van der Waals surface area contributed by atoms with Crippen LogP contribution in [0.1, 0.15) is 23.2 Å². The van der Waals surface area contributed by atoms with Crippen molar-refractivity contribution >= 4 is 29.1 Å². The van der Waals surface area contributed by atoms with Crippen LogP contribution in [-0.4, -0.2) is 25.5 Å². The van der Waals surface area contributed by atoms with Crippen molar-refractivity contribution in [2.45, 2.75) is 12.8 Å². The molecular formula is C13H16Cl2N2O. The molecule has 1 aromatic carbocycles. The second-order valence-electron chi connectivity index (χ2n) is 4.52. The summed E-state index contributed by atoms with van der Waals surface area (Å²) >= 11 is 12.0. The van der Waals surface area contributed by atoms with Crippen LogP contribution < -0.4 is 10.6 Å². The monoisotopic (exact) mass is 286 g/mol. The molecule has 1 aliphatic heterocycles. The molecule has 0 bridgehead atoms. The number of carbonyl (C=O) groups is 1. The lowest BCUT2D eigenvalue weighted by Crippen LogP contribution is -2.38. The van der Waals surface area contributed by atoms with Gasteiger partial charge in [-0.05, 0) is 44.0 Å². The zero-order chi connectivity index (χ0) is 13.0. The molecule has 98 valence electrons. The number of halogens is 2. The van der Waals surface area contributed by atoms with E-state index in [-0.39, 0.29) is 5.91 Å². The maximum Gasteiger partial charge on any atom is 0.254 e. The summed E-state index contributed by atoms with van der Waals surface area (Å²) in [5.74, 6) is 0.292. The van der Waals surface area contributed by atoms with Crippen molar-refractivity contribution in [3.8, 4) is 0 Å². The van der Waals surface area contributed by atoms with Crippen molar-refractivity contribution in [1.29, 1.82) is 0 Å². The second-order valence-corrected chi connectivity index (χ2v) is 5.33. The molecule has 3 nitrogen and oxygen atoms in total. The number of nitrogens with one attached hydrogen (secondary N) is 2. The number of hydrogen-bond donors (Lipinski definition) is 2. The van der Waals surface area contributed by atoms with Gasteiger partial charge in [-0.15, -0.1) is 0 Å². The lowest BCUT2D eigenvalue weighted by atomic mass is 9.99. The molecule has 0 saturated carbocycles. The van der Waals surface area contributed by atoms with Gasteiger partial charge in [-0.3, -0.25) is 4.79 Å². The van der Waals surface area contributed by atoms with Crippen LogP contribution >= 0.6 is 23.2 Å². The maximum absolute atomic E-state index is 12.0. The molecule has 0 aromatic heterocycles. The third-order valence-corrected chi connectivity index (χ3v) is 3.77. The summed E-state index contributed by atoms with van der Waals surface area (Å²) in [7, 11) is 0. The molecule has 1 atom stereocenters. The number of carbonyl (C=O) groups excluding carboxylic acids is 1. The summed E-state index contributed by atoms with van der Waals surface area (Å²) < 4.78 is 0. The van der Waals surface area contributed by atoms with E-state index in [1.165, 1.54) is 0 Å². The highest BCUT2D eigenvalue weighted by Gasteiger charge is 2.17. The van der Waals surface area contributed by atoms with Gasteiger partial charge in [0.2, 0.25) is 0 Å². The maximum atomic E-state index is 12.0. The van der Waals surface area contributed by atoms with E-state index in [1.807, 2.05) is 0 Å². The topological polar surface area (TPSA) is 41.1 Å². The highest BCUT2D eigenvalue weighted by molar-refractivity contribution is 6.39. The first-order chi connectivity index (χ1) is 8.68. The number of hydrogen-bond acceptors (Lipinski definition) is 2. The van der Waals surface area contributed by atoms with Crippen LogP contribution in [0.25, 0.3) is 0 Å². The van der Waals surface area contributed by atoms with Crippen molar-refractivity contribution in [2.75, 3.05) is 19.6 Å². The smallest absolute Gasteiger partial charge is 0.254 e. The van der Waals surface area contributed by atoms with E-state index in [2.05, 4.69) is 10.6 Å². The number of piperidine rings is 1. The van der Waals surface area contributed by atoms with Gasteiger partial charge in [0, 0.05) is 6.54 Å². The van der Waals surface area contributed by atoms with Crippen molar-refractivity contribution in [3.05, 3.63) is 33.8 Å². The molecule has 0 spiro atoms. The van der Waals surface area contributed by atoms with Gasteiger partial charge in [0.1, 0.15) is 0 Å². The Kier molecular flexibility index (Phi) is 4.87. The van der Waals surface area contributed by atoms with Gasteiger partial charge < -0.3 is 10.6 Å². The van der Waals surface area contributed by atoms with Gasteiger partial charge in [0.05, 0.1) is 15.6 Å². The standard InChI is InChI=1S/C13H16Cl2N2O/c14-10-4-1-5-11(15)12(10)13(18)17-8-9-3-2-6-16-7-9/h1,4-5,9,16H,2-3,6-8H2,(H,17,18). The summed E-state index contributed by atoms with van der Waals surface area (Å²) in [4.78, 5) is 12.0. The van der Waals surface area contributed by atoms with Crippen LogP contribution in [0, 0.1) is 5.92 Å². The van der Waals surface area contributed by atoms with E-state index >= 15 is 0 Å². The van der Waals surface area contributed by atoms with Crippen molar-refractivity contribution in [2.24, 2.45) is 5.92 Å². The Bertz CT molecular complexity index is 411. The number of amides is 1. The Morgan fingerprint density at radius 1 is 1.39 bits per heavy atom. The molecule has 2 rings (SSSR count). The van der Waals surface area contributed by atoms with Crippen LogP contribution in [0.15, 0.2) is 18.2 Å². The number of benzene rings is 1. The lowest BCUT2D eigenvalue weighted by Gasteiger charge is -2.23. The predicted octanol–water partition coefficient (Wildman–Crippen LogP) is 2.72. The minimum atomic E-state index is -0.198. The molecule has 1 fully saturated rings. The third kappa shape index (κ3) is 3.37. The molecule has 1 aliphatic rings. The fraction of sp³-hybridized carbons (Fsp3) is 0.462. The summed E-state index contributed by atoms with van der Waals surface area (Å²) in [5.41, 5.74) is 0.365. The predicted molar refractivity (Wildman–Crippen MR) is 74.4 cm³/mol. The summed E-state index contributed by atoms with van der Waals surface area (Å²) in [6.07, 6.45) is 2.30. The van der Waals surface area contributed by atoms with E-state index in [4.69, 9.17) is 23.2 Å². The van der Waals surface area contributed by atoms with E-state index in [0.29, 0.717) is 28.1 Å². The van der Waals surface area contributed by atoms with E-state index in [9.17, 15) is 4.79 Å². The van der Waals surface area contributed by atoms with Gasteiger partial charge in [-0.25, -0.2) is 0 Å². The first-order valence-corrected chi connectivity index (χ1v) is 6.87. The minimum Gasteiger partial charge on any atom is -0.352 e. The van der Waals surface area contributed by atoms with Gasteiger partial charge >= 0.3 is 0 Å². The van der Waals surface area contributed by atoms with Gasteiger partial charge in [0.25, 0.3) is 5.91 Å². The molecule has 1 saturated heterocycles. The molecule has 0 aliphatic carbocycles. The van der Waals surface area contributed by atoms with Gasteiger partial charge in [-0.2, -0.15) is 0 Å². The Balaban J connectivity index is 1.95. The molecule has 5 heteroatoms. The first-order valence-electron chi connectivity index (χ1n) is 6.11. The Morgan fingerprint density at radius 3 is 2.72 bits per heavy atom. The third-order valence-electron chi connectivity index (χ3n) is 3.14. The average molecular weight is 287 g/mol. The first kappa shape index (κ1) is 13.7. The molecule has 18 heavy (non-hydrogen) atoms. The van der Waals surface area contributed by atoms with Crippen LogP contribution in [0.5, 0.6) is 0 Å². The van der Waals surface area contributed by atoms with Crippen molar-refractivity contribution in [3.63, 3.8) is 0 Å². The Labute approximate surface area is 117 Å². The second kappa shape index (κ2) is 6.41. The summed E-state index contributed by atoms with van der Waals surface area (Å²) in [6, 6.07) is 5.07. The van der Waals surface area contributed by atoms with E-state index in [1.54, 1.807) is 18.2 Å². The van der Waals surface area contributed by atoms with Gasteiger partial charge in [-0.1, -0.05) is 29.3 Å². The lowest BCUT2D eigenvalue weighted by molar-refractivity contribution is 0.0945. The highest BCUT2D eigenvalue weighted by atomic mass is 35.5. The quantitative estimate of drug-likeness (QED) is 0.897. The van der Waals surface area contributed by atoms with Crippen molar-refractivity contribution < 1.29 is 4.79 Å². The van der Waals surface area contributed by atoms with Crippen LogP contribution in [0.3, 0.4) is 0 Å². The normalized spacial score (nSPS) is 19.6. The zero-order valence-corrected chi connectivity index (χ0v) is 11.5. The zero-order valence-electron chi connectivity index (χ0n) is 10.0. The van der Waals surface area contributed by atoms with Crippen LogP contribution in [0.4, 0.5) is 0 Å². The average Bonchev–Trinajstić information content (AvgIpc) is 2.37.